The first-order valence-electron chi connectivity index (χ1n) is 10.7. The molecule has 4 aliphatic rings. The Morgan fingerprint density at radius 3 is 2.69 bits per heavy atom. The van der Waals surface area contributed by atoms with Crippen LogP contribution in [0.4, 0.5) is 17.1 Å². The minimum absolute atomic E-state index is 0.152. The molecular weight excluding hydrogens is 412 g/mol. The normalized spacial score (nSPS) is 30.6. The van der Waals surface area contributed by atoms with Gasteiger partial charge in [-0.3, -0.25) is 29.4 Å². The molecular formula is C23H20N4O5. The molecule has 4 atom stereocenters. The molecule has 1 N–H and O–H groups in total. The number of benzene rings is 2. The second-order valence-electron chi connectivity index (χ2n) is 8.91. The maximum Gasteiger partial charge on any atom is 0.274 e. The van der Waals surface area contributed by atoms with Gasteiger partial charge >= 0.3 is 0 Å². The summed E-state index contributed by atoms with van der Waals surface area (Å²) in [6.45, 7) is 2.24. The fourth-order valence-corrected chi connectivity index (χ4v) is 6.35. The van der Waals surface area contributed by atoms with Crippen molar-refractivity contribution >= 4 is 34.8 Å². The number of rotatable bonds is 2. The second-order valence-corrected chi connectivity index (χ2v) is 8.91. The van der Waals surface area contributed by atoms with E-state index in [0.717, 1.165) is 23.3 Å². The summed E-state index contributed by atoms with van der Waals surface area (Å²) >= 11 is 0. The number of amides is 3. The van der Waals surface area contributed by atoms with Crippen molar-refractivity contribution in [1.82, 2.24) is 4.90 Å². The average molecular weight is 432 g/mol. The molecule has 0 saturated carbocycles. The van der Waals surface area contributed by atoms with Crippen LogP contribution in [0.1, 0.15) is 24.0 Å². The summed E-state index contributed by atoms with van der Waals surface area (Å²) in [5.74, 6) is -2.67. The summed E-state index contributed by atoms with van der Waals surface area (Å²) in [6.07, 6.45) is 1.56. The van der Waals surface area contributed by atoms with Gasteiger partial charge in [-0.15, -0.1) is 0 Å². The molecule has 3 amide bonds. The highest BCUT2D eigenvalue weighted by molar-refractivity contribution is 6.26. The Labute approximate surface area is 183 Å². The summed E-state index contributed by atoms with van der Waals surface area (Å²) in [5.41, 5.74) is 0.622. The molecule has 3 saturated heterocycles. The van der Waals surface area contributed by atoms with E-state index >= 15 is 0 Å². The van der Waals surface area contributed by atoms with Crippen molar-refractivity contribution in [2.75, 3.05) is 16.8 Å². The number of nitro benzene ring substituents is 1. The lowest BCUT2D eigenvalue weighted by molar-refractivity contribution is -0.385. The van der Waals surface area contributed by atoms with Crippen LogP contribution in [0.3, 0.4) is 0 Å². The first-order valence-corrected chi connectivity index (χ1v) is 10.7. The fourth-order valence-electron chi connectivity index (χ4n) is 6.35. The highest BCUT2D eigenvalue weighted by Crippen LogP contribution is 2.60. The lowest BCUT2D eigenvalue weighted by Gasteiger charge is -2.36. The van der Waals surface area contributed by atoms with Gasteiger partial charge in [0.05, 0.1) is 22.4 Å². The van der Waals surface area contributed by atoms with E-state index in [1.165, 1.54) is 12.1 Å². The Morgan fingerprint density at radius 2 is 1.91 bits per heavy atom. The van der Waals surface area contributed by atoms with Crippen LogP contribution < -0.4 is 10.2 Å². The van der Waals surface area contributed by atoms with Gasteiger partial charge in [0.25, 0.3) is 5.69 Å². The van der Waals surface area contributed by atoms with E-state index in [4.69, 9.17) is 0 Å². The lowest BCUT2D eigenvalue weighted by Crippen LogP contribution is -2.54. The number of aryl methyl sites for hydroxylation is 1. The Kier molecular flexibility index (Phi) is 3.72. The van der Waals surface area contributed by atoms with Crippen molar-refractivity contribution in [1.29, 1.82) is 0 Å². The minimum atomic E-state index is -1.24. The van der Waals surface area contributed by atoms with E-state index < -0.39 is 28.2 Å². The van der Waals surface area contributed by atoms with Gasteiger partial charge in [0.2, 0.25) is 17.7 Å². The molecule has 162 valence electrons. The lowest BCUT2D eigenvalue weighted by atomic mass is 9.75. The Morgan fingerprint density at radius 1 is 1.12 bits per heavy atom. The van der Waals surface area contributed by atoms with Crippen LogP contribution in [-0.4, -0.2) is 40.1 Å². The molecule has 0 bridgehead atoms. The van der Waals surface area contributed by atoms with Gasteiger partial charge in [-0.1, -0.05) is 24.3 Å². The number of anilines is 2. The van der Waals surface area contributed by atoms with Crippen molar-refractivity contribution in [3.8, 4) is 0 Å². The highest BCUT2D eigenvalue weighted by atomic mass is 16.6. The van der Waals surface area contributed by atoms with Gasteiger partial charge in [-0.05, 0) is 38.4 Å². The largest absolute Gasteiger partial charge is 0.324 e. The number of hydrogen-bond donors (Lipinski definition) is 1. The van der Waals surface area contributed by atoms with Crippen LogP contribution in [0.15, 0.2) is 42.5 Å². The number of fused-ring (bicyclic) bond motifs is 7. The van der Waals surface area contributed by atoms with Crippen molar-refractivity contribution in [2.24, 2.45) is 11.8 Å². The third kappa shape index (κ3) is 2.09. The summed E-state index contributed by atoms with van der Waals surface area (Å²) in [6, 6.07) is 11.5. The summed E-state index contributed by atoms with van der Waals surface area (Å²) < 4.78 is 0. The molecule has 2 aromatic carbocycles. The quantitative estimate of drug-likeness (QED) is 0.443. The summed E-state index contributed by atoms with van der Waals surface area (Å²) in [7, 11) is 0. The molecule has 1 spiro atoms. The molecule has 0 radical (unpaired) electrons. The number of para-hydroxylation sites is 1. The van der Waals surface area contributed by atoms with E-state index in [-0.39, 0.29) is 29.2 Å². The monoisotopic (exact) mass is 432 g/mol. The molecule has 32 heavy (non-hydrogen) atoms. The highest BCUT2D eigenvalue weighted by Gasteiger charge is 2.74. The molecule has 4 aliphatic heterocycles. The topological polar surface area (TPSA) is 113 Å². The van der Waals surface area contributed by atoms with Gasteiger partial charge in [-0.2, -0.15) is 0 Å². The van der Waals surface area contributed by atoms with Crippen molar-refractivity contribution in [2.45, 2.75) is 31.3 Å². The number of carbonyl (C=O) groups excluding carboxylic acids is 3. The molecule has 9 heteroatoms. The third-order valence-corrected chi connectivity index (χ3v) is 7.55. The third-order valence-electron chi connectivity index (χ3n) is 7.55. The van der Waals surface area contributed by atoms with Crippen molar-refractivity contribution in [3.63, 3.8) is 0 Å². The zero-order chi connectivity index (χ0) is 22.4. The summed E-state index contributed by atoms with van der Waals surface area (Å²) in [5, 5.41) is 14.4. The van der Waals surface area contributed by atoms with Crippen molar-refractivity contribution < 1.29 is 19.3 Å². The van der Waals surface area contributed by atoms with Gasteiger partial charge < -0.3 is 5.32 Å². The van der Waals surface area contributed by atoms with Crippen LogP contribution in [0.25, 0.3) is 0 Å². The van der Waals surface area contributed by atoms with Gasteiger partial charge in [-0.25, -0.2) is 4.90 Å². The maximum atomic E-state index is 13.8. The standard InChI is InChI=1S/C23H20N4O5/c1-12-8-9-13(11-17(12)27(31)32)26-20(28)18-16-7-4-10-25(16)23(19(18)21(26)29)14-5-2-3-6-15(14)24-22(23)30/h2-3,5-6,8-9,11,16,18-19H,4,7,10H2,1H3,(H,24,30)/t16-,18-,19-,23+/m0/s1. The molecule has 0 aromatic heterocycles. The van der Waals surface area contributed by atoms with E-state index in [1.807, 2.05) is 29.2 Å². The Balaban J connectivity index is 1.53. The smallest absolute Gasteiger partial charge is 0.274 e. The predicted molar refractivity (Wildman–Crippen MR) is 114 cm³/mol. The minimum Gasteiger partial charge on any atom is -0.324 e. The number of nitro groups is 1. The number of carbonyl (C=O) groups is 3. The first kappa shape index (κ1) is 19.1. The Hall–Kier alpha value is -3.59. The van der Waals surface area contributed by atoms with Gasteiger partial charge in [0, 0.05) is 28.9 Å². The zero-order valence-corrected chi connectivity index (χ0v) is 17.3. The zero-order valence-electron chi connectivity index (χ0n) is 17.3. The summed E-state index contributed by atoms with van der Waals surface area (Å²) in [4.78, 5) is 55.0. The molecule has 6 rings (SSSR count). The first-order chi connectivity index (χ1) is 15.4. The number of imide groups is 1. The fraction of sp³-hybridized carbons (Fsp3) is 0.348. The van der Waals surface area contributed by atoms with Crippen LogP contribution in [-0.2, 0) is 19.9 Å². The van der Waals surface area contributed by atoms with E-state index in [1.54, 1.807) is 13.0 Å². The maximum absolute atomic E-state index is 13.8. The predicted octanol–water partition coefficient (Wildman–Crippen LogP) is 2.33. The molecule has 4 heterocycles. The molecule has 0 unspecified atom stereocenters. The van der Waals surface area contributed by atoms with E-state index in [2.05, 4.69) is 5.32 Å². The van der Waals surface area contributed by atoms with Crippen LogP contribution >= 0.6 is 0 Å². The number of nitrogens with one attached hydrogen (secondary N) is 1. The molecule has 9 nitrogen and oxygen atoms in total. The number of nitrogens with zero attached hydrogens (tertiary/aromatic N) is 3. The van der Waals surface area contributed by atoms with E-state index in [9.17, 15) is 24.5 Å². The molecule has 2 aromatic rings. The van der Waals surface area contributed by atoms with Gasteiger partial charge in [0.15, 0.2) is 0 Å². The van der Waals surface area contributed by atoms with Crippen LogP contribution in [0, 0.1) is 28.9 Å². The van der Waals surface area contributed by atoms with Gasteiger partial charge in [0.1, 0.15) is 5.54 Å². The number of hydrogen-bond acceptors (Lipinski definition) is 6. The molecule has 0 aliphatic carbocycles. The van der Waals surface area contributed by atoms with Crippen molar-refractivity contribution in [3.05, 3.63) is 63.7 Å². The Bertz CT molecular complexity index is 1240. The second kappa shape index (κ2) is 6.23. The SMILES string of the molecule is Cc1ccc(N2C(=O)[C@@H]3[C@@H](C2=O)[C@]2(C(=O)Nc4ccccc42)N2CCC[C@@H]32)cc1[N+](=O)[O-]. The van der Waals surface area contributed by atoms with Crippen LogP contribution in [0.5, 0.6) is 0 Å². The van der Waals surface area contributed by atoms with E-state index in [0.29, 0.717) is 17.8 Å². The molecule has 3 fully saturated rings. The average Bonchev–Trinajstić information content (AvgIpc) is 3.47. The van der Waals surface area contributed by atoms with Crippen LogP contribution in [0.2, 0.25) is 0 Å².